The van der Waals surface area contributed by atoms with E-state index in [9.17, 15) is 19.2 Å². The van der Waals surface area contributed by atoms with Crippen LogP contribution in [0.4, 0.5) is 4.79 Å². The fraction of sp³-hybridized carbons (Fsp3) is 0.677. The SMILES string of the molecule is COC(=O)[C@H](CCCCN)NC(=O)C(Cc1ccc(OC(C)(C)C)cc1)NC(=O)[C@H](CCCCN)NC(=O)OC(C)(C)C. The molecule has 0 aliphatic carbocycles. The second kappa shape index (κ2) is 18.3. The third-order valence-corrected chi connectivity index (χ3v) is 6.12. The summed E-state index contributed by atoms with van der Waals surface area (Å²) in [7, 11) is 1.25. The molecule has 43 heavy (non-hydrogen) atoms. The summed E-state index contributed by atoms with van der Waals surface area (Å²) in [4.78, 5) is 52.1. The zero-order chi connectivity index (χ0) is 32.6. The average Bonchev–Trinajstić information content (AvgIpc) is 2.90. The van der Waals surface area contributed by atoms with Crippen molar-refractivity contribution in [3.05, 3.63) is 29.8 Å². The summed E-state index contributed by atoms with van der Waals surface area (Å²) < 4.78 is 16.1. The van der Waals surface area contributed by atoms with Crippen LogP contribution in [-0.4, -0.2) is 73.4 Å². The smallest absolute Gasteiger partial charge is 0.408 e. The van der Waals surface area contributed by atoms with Gasteiger partial charge in [-0.1, -0.05) is 12.1 Å². The molecule has 0 saturated heterocycles. The zero-order valence-electron chi connectivity index (χ0n) is 26.9. The average molecular weight is 608 g/mol. The minimum absolute atomic E-state index is 0.117. The molecular formula is C31H53N5O7. The summed E-state index contributed by atoms with van der Waals surface area (Å²) >= 11 is 0. The molecule has 1 aromatic carbocycles. The van der Waals surface area contributed by atoms with Gasteiger partial charge in [-0.25, -0.2) is 9.59 Å². The number of nitrogens with two attached hydrogens (primary N) is 2. The Morgan fingerprint density at radius 1 is 0.721 bits per heavy atom. The number of benzene rings is 1. The zero-order valence-corrected chi connectivity index (χ0v) is 26.9. The lowest BCUT2D eigenvalue weighted by Crippen LogP contribution is -2.56. The van der Waals surface area contributed by atoms with Crippen LogP contribution in [0.5, 0.6) is 5.75 Å². The van der Waals surface area contributed by atoms with Gasteiger partial charge in [-0.2, -0.15) is 0 Å². The molecule has 244 valence electrons. The molecule has 3 atom stereocenters. The van der Waals surface area contributed by atoms with Gasteiger partial charge in [0.1, 0.15) is 35.1 Å². The van der Waals surface area contributed by atoms with E-state index in [0.717, 1.165) is 5.56 Å². The van der Waals surface area contributed by atoms with Crippen LogP contribution in [-0.2, 0) is 30.3 Å². The first-order valence-electron chi connectivity index (χ1n) is 14.9. The maximum Gasteiger partial charge on any atom is 0.408 e. The number of alkyl carbamates (subject to hydrolysis) is 1. The van der Waals surface area contributed by atoms with E-state index in [1.807, 2.05) is 32.9 Å². The summed E-state index contributed by atoms with van der Waals surface area (Å²) in [6.45, 7) is 11.9. The first kappa shape index (κ1) is 37.6. The summed E-state index contributed by atoms with van der Waals surface area (Å²) in [5.41, 5.74) is 10.8. The summed E-state index contributed by atoms with van der Waals surface area (Å²) in [6, 6.07) is 4.25. The molecule has 0 aliphatic heterocycles. The first-order chi connectivity index (χ1) is 20.1. The number of ether oxygens (including phenoxy) is 3. The summed E-state index contributed by atoms with van der Waals surface area (Å²) in [5.74, 6) is -1.06. The third-order valence-electron chi connectivity index (χ3n) is 6.12. The highest BCUT2D eigenvalue weighted by atomic mass is 16.6. The monoisotopic (exact) mass is 607 g/mol. The molecule has 0 fully saturated rings. The van der Waals surface area contributed by atoms with Gasteiger partial charge in [-0.15, -0.1) is 0 Å². The minimum Gasteiger partial charge on any atom is -0.488 e. The molecule has 0 heterocycles. The second-order valence-corrected chi connectivity index (χ2v) is 12.5. The topological polar surface area (TPSA) is 184 Å². The van der Waals surface area contributed by atoms with Gasteiger partial charge in [0, 0.05) is 6.42 Å². The molecule has 1 aromatic rings. The summed E-state index contributed by atoms with van der Waals surface area (Å²) in [6.07, 6.45) is 2.49. The Morgan fingerprint density at radius 3 is 1.72 bits per heavy atom. The molecule has 0 saturated carbocycles. The second-order valence-electron chi connectivity index (χ2n) is 12.5. The lowest BCUT2D eigenvalue weighted by atomic mass is 10.0. The highest BCUT2D eigenvalue weighted by Crippen LogP contribution is 2.19. The van der Waals surface area contributed by atoms with E-state index in [1.165, 1.54) is 7.11 Å². The van der Waals surface area contributed by atoms with Crippen LogP contribution in [0.3, 0.4) is 0 Å². The molecule has 1 unspecified atom stereocenters. The molecule has 12 heteroatoms. The number of methoxy groups -OCH3 is 1. The Balaban J connectivity index is 3.25. The first-order valence-corrected chi connectivity index (χ1v) is 14.9. The van der Waals surface area contributed by atoms with Crippen molar-refractivity contribution < 1.29 is 33.4 Å². The Hall–Kier alpha value is -3.38. The van der Waals surface area contributed by atoms with Gasteiger partial charge in [0.15, 0.2) is 0 Å². The lowest BCUT2D eigenvalue weighted by molar-refractivity contribution is -0.145. The molecule has 0 bridgehead atoms. The Morgan fingerprint density at radius 2 is 1.23 bits per heavy atom. The van der Waals surface area contributed by atoms with Crippen LogP contribution >= 0.6 is 0 Å². The van der Waals surface area contributed by atoms with Crippen LogP contribution < -0.4 is 32.2 Å². The largest absolute Gasteiger partial charge is 0.488 e. The van der Waals surface area contributed by atoms with E-state index in [0.29, 0.717) is 57.4 Å². The van der Waals surface area contributed by atoms with Gasteiger partial charge in [0.25, 0.3) is 0 Å². The van der Waals surface area contributed by atoms with E-state index >= 15 is 0 Å². The van der Waals surface area contributed by atoms with Crippen LogP contribution in [0.25, 0.3) is 0 Å². The molecule has 1 rings (SSSR count). The predicted molar refractivity (Wildman–Crippen MR) is 165 cm³/mol. The molecule has 3 amide bonds. The maximum atomic E-state index is 13.6. The van der Waals surface area contributed by atoms with Crippen molar-refractivity contribution in [3.63, 3.8) is 0 Å². The predicted octanol–water partition coefficient (Wildman–Crippen LogP) is 2.70. The van der Waals surface area contributed by atoms with E-state index in [1.54, 1.807) is 32.9 Å². The molecule has 0 aromatic heterocycles. The fourth-order valence-corrected chi connectivity index (χ4v) is 4.13. The fourth-order valence-electron chi connectivity index (χ4n) is 4.13. The molecular weight excluding hydrogens is 554 g/mol. The van der Waals surface area contributed by atoms with Crippen molar-refractivity contribution in [3.8, 4) is 5.75 Å². The van der Waals surface area contributed by atoms with Crippen LogP contribution in [0.2, 0.25) is 0 Å². The van der Waals surface area contributed by atoms with Gasteiger partial charge >= 0.3 is 12.1 Å². The Kier molecular flexibility index (Phi) is 16.0. The molecule has 0 radical (unpaired) electrons. The molecule has 0 aliphatic rings. The van der Waals surface area contributed by atoms with Gasteiger partial charge in [0.05, 0.1) is 7.11 Å². The number of unbranched alkanes of at least 4 members (excludes halogenated alkanes) is 2. The van der Waals surface area contributed by atoms with E-state index in [4.69, 9.17) is 25.7 Å². The quantitative estimate of drug-likeness (QED) is 0.131. The van der Waals surface area contributed by atoms with Crippen molar-refractivity contribution in [2.75, 3.05) is 20.2 Å². The number of hydrogen-bond donors (Lipinski definition) is 5. The van der Waals surface area contributed by atoms with Crippen molar-refractivity contribution in [1.29, 1.82) is 0 Å². The van der Waals surface area contributed by atoms with Crippen molar-refractivity contribution >= 4 is 23.9 Å². The van der Waals surface area contributed by atoms with Gasteiger partial charge < -0.3 is 41.6 Å². The number of hydrogen-bond acceptors (Lipinski definition) is 9. The van der Waals surface area contributed by atoms with Crippen LogP contribution in [0.1, 0.15) is 85.6 Å². The Bertz CT molecular complexity index is 1020. The van der Waals surface area contributed by atoms with E-state index in [-0.39, 0.29) is 12.0 Å². The minimum atomic E-state index is -1.07. The number of esters is 1. The standard InChI is InChI=1S/C31H53N5O7/c1-30(2,3)42-22-16-14-21(15-17-22)20-25(27(38)34-24(28(39)41-7)13-9-11-19-33)35-26(37)23(12-8-10-18-32)36-29(40)43-31(4,5)6/h14-17,23-25H,8-13,18-20,32-33H2,1-7H3,(H,34,38)(H,35,37)(H,36,40)/t23-,24-,25?/m0/s1. The van der Waals surface area contributed by atoms with E-state index < -0.39 is 47.6 Å². The lowest BCUT2D eigenvalue weighted by Gasteiger charge is -2.26. The third kappa shape index (κ3) is 16.2. The van der Waals surface area contributed by atoms with Gasteiger partial charge in [-0.3, -0.25) is 9.59 Å². The van der Waals surface area contributed by atoms with Crippen LogP contribution in [0, 0.1) is 0 Å². The number of carbonyl (C=O) groups excluding carboxylic acids is 4. The maximum absolute atomic E-state index is 13.6. The van der Waals surface area contributed by atoms with E-state index in [2.05, 4.69) is 16.0 Å². The molecule has 12 nitrogen and oxygen atoms in total. The number of amides is 3. The van der Waals surface area contributed by atoms with Crippen molar-refractivity contribution in [2.45, 2.75) is 116 Å². The number of carbonyl (C=O) groups is 4. The highest BCUT2D eigenvalue weighted by Gasteiger charge is 2.31. The van der Waals surface area contributed by atoms with Gasteiger partial charge in [0.2, 0.25) is 11.8 Å². The van der Waals surface area contributed by atoms with Gasteiger partial charge in [-0.05, 0) is 111 Å². The highest BCUT2D eigenvalue weighted by molar-refractivity contribution is 5.93. The number of nitrogens with one attached hydrogen (secondary N) is 3. The van der Waals surface area contributed by atoms with Crippen molar-refractivity contribution in [1.82, 2.24) is 16.0 Å². The van der Waals surface area contributed by atoms with Crippen LogP contribution in [0.15, 0.2) is 24.3 Å². The summed E-state index contributed by atoms with van der Waals surface area (Å²) in [5, 5.41) is 8.15. The molecule has 7 N–H and O–H groups in total. The van der Waals surface area contributed by atoms with Crippen molar-refractivity contribution in [2.24, 2.45) is 11.5 Å². The normalized spacial score (nSPS) is 13.7. The Labute approximate surface area is 256 Å². The molecule has 0 spiro atoms. The number of rotatable bonds is 17.